The minimum absolute atomic E-state index is 0.436. The van der Waals surface area contributed by atoms with E-state index in [-0.39, 0.29) is 0 Å². The molecule has 0 unspecified atom stereocenters. The zero-order chi connectivity index (χ0) is 15.9. The van der Waals surface area contributed by atoms with E-state index in [2.05, 4.69) is 83.9 Å². The number of allylic oxidation sites excluding steroid dienone is 2. The van der Waals surface area contributed by atoms with Crippen LogP contribution in [0.4, 0.5) is 0 Å². The second-order valence-corrected chi connectivity index (χ2v) is 8.17. The molecule has 0 fully saturated rings. The molecule has 0 radical (unpaired) electrons. The summed E-state index contributed by atoms with van der Waals surface area (Å²) in [5.74, 6) is 0. The molecule has 0 aliphatic carbocycles. The second kappa shape index (κ2) is 5.63. The Morgan fingerprint density at radius 1 is 0.708 bits per heavy atom. The zero-order valence-electron chi connectivity index (χ0n) is 13.2. The van der Waals surface area contributed by atoms with Crippen molar-refractivity contribution in [1.82, 2.24) is 0 Å². The molecule has 114 valence electrons. The van der Waals surface area contributed by atoms with Gasteiger partial charge in [0, 0.05) is 0 Å². The fraction of sp³-hybridized carbons (Fsp3) is 0.0435. The summed E-state index contributed by atoms with van der Waals surface area (Å²) in [5.41, 5.74) is 1.41. The van der Waals surface area contributed by atoms with Gasteiger partial charge in [0.25, 0.3) is 0 Å². The van der Waals surface area contributed by atoms with Crippen molar-refractivity contribution < 1.29 is 0 Å². The monoisotopic (exact) mass is 372 g/mol. The van der Waals surface area contributed by atoms with Crippen LogP contribution in [0.1, 0.15) is 12.0 Å². The Morgan fingerprint density at radius 2 is 1.50 bits per heavy atom. The average Bonchev–Trinajstić information content (AvgIpc) is 2.66. The third kappa shape index (κ3) is 2.21. The third-order valence-corrected chi connectivity index (χ3v) is 6.76. The van der Waals surface area contributed by atoms with Gasteiger partial charge in [-0.2, -0.15) is 0 Å². The Hall–Kier alpha value is -2.34. The topological polar surface area (TPSA) is 0 Å². The molecule has 5 rings (SSSR count). The van der Waals surface area contributed by atoms with Gasteiger partial charge in [-0.05, 0) is 0 Å². The molecular formula is C23H16Se. The van der Waals surface area contributed by atoms with Gasteiger partial charge < -0.3 is 0 Å². The Labute approximate surface area is 147 Å². The standard InChI is InChI=1S/C23H16Se/c1-2-7-18-15-21-19(14-17(18)6-1)12-11-16-8-5-9-20(23(16)21)22-10-3-4-13-24-22/h1-2,4-15H,3H2. The molecule has 0 atom stereocenters. The van der Waals surface area contributed by atoms with Crippen molar-refractivity contribution in [3.8, 4) is 0 Å². The van der Waals surface area contributed by atoms with Crippen LogP contribution in [0.25, 0.3) is 36.8 Å². The van der Waals surface area contributed by atoms with E-state index in [1.165, 1.54) is 42.4 Å². The molecule has 1 heteroatoms. The maximum atomic E-state index is 2.40. The molecule has 0 aromatic heterocycles. The SMILES string of the molecule is C1=C[Se]C(c2cccc3ccc4cc5ccccc5cc4c23)=CC1. The van der Waals surface area contributed by atoms with Crippen molar-refractivity contribution in [1.29, 1.82) is 0 Å². The molecule has 0 saturated carbocycles. The van der Waals surface area contributed by atoms with Crippen LogP contribution in [0.3, 0.4) is 0 Å². The molecule has 0 N–H and O–H groups in total. The van der Waals surface area contributed by atoms with Crippen molar-refractivity contribution in [3.05, 3.63) is 89.4 Å². The normalized spacial score (nSPS) is 14.4. The van der Waals surface area contributed by atoms with Gasteiger partial charge in [0.15, 0.2) is 0 Å². The molecule has 0 spiro atoms. The van der Waals surface area contributed by atoms with Gasteiger partial charge in [0.1, 0.15) is 0 Å². The van der Waals surface area contributed by atoms with Crippen LogP contribution in [-0.4, -0.2) is 15.0 Å². The third-order valence-electron chi connectivity index (χ3n) is 4.72. The molecule has 0 nitrogen and oxygen atoms in total. The predicted octanol–water partition coefficient (Wildman–Crippen LogP) is 6.11. The van der Waals surface area contributed by atoms with Crippen molar-refractivity contribution >= 4 is 51.7 Å². The van der Waals surface area contributed by atoms with Gasteiger partial charge in [-0.3, -0.25) is 0 Å². The van der Waals surface area contributed by atoms with E-state index in [9.17, 15) is 0 Å². The van der Waals surface area contributed by atoms with Gasteiger partial charge in [-0.25, -0.2) is 0 Å². The summed E-state index contributed by atoms with van der Waals surface area (Å²) in [6.45, 7) is 0. The number of rotatable bonds is 1. The summed E-state index contributed by atoms with van der Waals surface area (Å²) in [4.78, 5) is 2.35. The van der Waals surface area contributed by atoms with E-state index in [0.717, 1.165) is 6.42 Å². The Bertz CT molecular complexity index is 1150. The second-order valence-electron chi connectivity index (χ2n) is 6.18. The summed E-state index contributed by atoms with van der Waals surface area (Å²) >= 11 is 0.436. The average molecular weight is 371 g/mol. The van der Waals surface area contributed by atoms with Gasteiger partial charge in [-0.15, -0.1) is 0 Å². The van der Waals surface area contributed by atoms with E-state index in [1.54, 1.807) is 0 Å². The summed E-state index contributed by atoms with van der Waals surface area (Å²) in [7, 11) is 0. The van der Waals surface area contributed by atoms with Crippen molar-refractivity contribution in [2.75, 3.05) is 0 Å². The number of hydrogen-bond acceptors (Lipinski definition) is 0. The van der Waals surface area contributed by atoms with Gasteiger partial charge in [0.2, 0.25) is 0 Å². The van der Waals surface area contributed by atoms with Gasteiger partial charge >= 0.3 is 148 Å². The van der Waals surface area contributed by atoms with Crippen LogP contribution in [0.15, 0.2) is 83.9 Å². The first-order chi connectivity index (χ1) is 11.9. The van der Waals surface area contributed by atoms with Gasteiger partial charge in [-0.1, -0.05) is 0 Å². The van der Waals surface area contributed by atoms with Crippen LogP contribution in [0, 0.1) is 0 Å². The first-order valence-electron chi connectivity index (χ1n) is 8.27. The summed E-state index contributed by atoms with van der Waals surface area (Å²) in [6, 6.07) is 24.6. The maximum absolute atomic E-state index is 2.40. The number of benzene rings is 4. The van der Waals surface area contributed by atoms with Gasteiger partial charge in [0.05, 0.1) is 0 Å². The Balaban J connectivity index is 1.91. The van der Waals surface area contributed by atoms with E-state index in [4.69, 9.17) is 0 Å². The molecule has 0 bridgehead atoms. The quantitative estimate of drug-likeness (QED) is 0.215. The van der Waals surface area contributed by atoms with Crippen molar-refractivity contribution in [3.63, 3.8) is 0 Å². The van der Waals surface area contributed by atoms with E-state index in [0.29, 0.717) is 15.0 Å². The Morgan fingerprint density at radius 3 is 2.33 bits per heavy atom. The molecule has 1 aliphatic heterocycles. The molecule has 24 heavy (non-hydrogen) atoms. The molecular weight excluding hydrogens is 355 g/mol. The molecule has 4 aromatic rings. The minimum atomic E-state index is 0.436. The Kier molecular flexibility index (Phi) is 3.29. The van der Waals surface area contributed by atoms with Crippen LogP contribution in [-0.2, 0) is 0 Å². The summed E-state index contributed by atoms with van der Waals surface area (Å²) < 4.78 is 1.51. The fourth-order valence-corrected chi connectivity index (χ4v) is 5.35. The molecule has 0 saturated heterocycles. The zero-order valence-corrected chi connectivity index (χ0v) is 14.9. The van der Waals surface area contributed by atoms with Crippen LogP contribution < -0.4 is 0 Å². The van der Waals surface area contributed by atoms with Crippen LogP contribution in [0.5, 0.6) is 0 Å². The fourth-order valence-electron chi connectivity index (χ4n) is 3.58. The van der Waals surface area contributed by atoms with E-state index in [1.807, 2.05) is 0 Å². The van der Waals surface area contributed by atoms with E-state index >= 15 is 0 Å². The van der Waals surface area contributed by atoms with Crippen LogP contribution in [0.2, 0.25) is 0 Å². The molecule has 1 heterocycles. The summed E-state index contributed by atoms with van der Waals surface area (Å²) in [6.07, 6.45) is 5.73. The first-order valence-corrected chi connectivity index (χ1v) is 10.1. The molecule has 0 amide bonds. The number of fused-ring (bicyclic) bond motifs is 4. The summed E-state index contributed by atoms with van der Waals surface area (Å²) in [5, 5.41) is 8.06. The van der Waals surface area contributed by atoms with E-state index < -0.39 is 0 Å². The molecule has 4 aromatic carbocycles. The molecule has 1 aliphatic rings. The number of hydrogen-bond donors (Lipinski definition) is 0. The van der Waals surface area contributed by atoms with Crippen LogP contribution >= 0.6 is 0 Å². The van der Waals surface area contributed by atoms with Crippen molar-refractivity contribution in [2.45, 2.75) is 6.42 Å². The van der Waals surface area contributed by atoms with Crippen molar-refractivity contribution in [2.24, 2.45) is 0 Å². The predicted molar refractivity (Wildman–Crippen MR) is 106 cm³/mol. The first kappa shape index (κ1) is 14.0.